The molecule has 1 aromatic carbocycles. The monoisotopic (exact) mass is 403 g/mol. The third-order valence-corrected chi connectivity index (χ3v) is 5.11. The Morgan fingerprint density at radius 3 is 2.76 bits per heavy atom. The molecule has 1 saturated heterocycles. The first kappa shape index (κ1) is 19.2. The van der Waals surface area contributed by atoms with Crippen LogP contribution < -0.4 is 21.4 Å². The summed E-state index contributed by atoms with van der Waals surface area (Å²) in [6.07, 6.45) is 1.14. The van der Waals surface area contributed by atoms with Gasteiger partial charge in [0.25, 0.3) is 0 Å². The highest BCUT2D eigenvalue weighted by Crippen LogP contribution is 2.33. The Morgan fingerprint density at radius 2 is 2.10 bits per heavy atom. The molecule has 3 aromatic rings. The average Bonchev–Trinajstić information content (AvgIpc) is 2.64. The molecule has 152 valence electrons. The fraction of sp³-hybridized carbons (Fsp3) is 0.316. The molecule has 1 fully saturated rings. The number of nitrogens with one attached hydrogen (secondary N) is 1. The number of rotatable bonds is 5. The van der Waals surface area contributed by atoms with Crippen LogP contribution >= 0.6 is 0 Å². The zero-order valence-electron chi connectivity index (χ0n) is 15.6. The Balaban J connectivity index is 1.83. The van der Waals surface area contributed by atoms with Crippen LogP contribution in [0.3, 0.4) is 0 Å². The molecule has 8 nitrogen and oxygen atoms in total. The minimum Gasteiger partial charge on any atom is -0.477 e. The van der Waals surface area contributed by atoms with Crippen molar-refractivity contribution in [2.45, 2.75) is 6.04 Å². The standard InChI is InChI=1S/C19H19F2N5O3/c1-25-8-12(19(28)29)17(27)11-4-9-5-13(20)16(14(21)15(9)24-18(11)25)26-6-10(7-26)23-3-2-22/h4-5,8,10,23H,2-3,6-7,22H2,1H3,(H,28,29). The summed E-state index contributed by atoms with van der Waals surface area (Å²) in [5.41, 5.74) is 4.14. The Kier molecular flexibility index (Phi) is 4.67. The van der Waals surface area contributed by atoms with Crippen LogP contribution in [0.2, 0.25) is 0 Å². The number of aryl methyl sites for hydroxylation is 1. The normalized spacial score (nSPS) is 14.6. The van der Waals surface area contributed by atoms with Crippen LogP contribution in [-0.4, -0.2) is 52.8 Å². The fourth-order valence-corrected chi connectivity index (χ4v) is 3.64. The number of carboxylic acids is 1. The molecule has 1 aliphatic rings. The van der Waals surface area contributed by atoms with Crippen LogP contribution in [0.5, 0.6) is 0 Å². The topological polar surface area (TPSA) is 113 Å². The third kappa shape index (κ3) is 3.10. The maximum absolute atomic E-state index is 15.2. The number of hydrogen-bond donors (Lipinski definition) is 3. The van der Waals surface area contributed by atoms with E-state index in [9.17, 15) is 19.1 Å². The van der Waals surface area contributed by atoms with Crippen molar-refractivity contribution >= 4 is 33.6 Å². The molecule has 3 heterocycles. The lowest BCUT2D eigenvalue weighted by atomic mass is 10.0. The summed E-state index contributed by atoms with van der Waals surface area (Å²) >= 11 is 0. The van der Waals surface area contributed by atoms with Crippen molar-refractivity contribution in [2.75, 3.05) is 31.1 Å². The average molecular weight is 403 g/mol. The molecule has 1 aliphatic heterocycles. The van der Waals surface area contributed by atoms with E-state index in [0.717, 1.165) is 12.3 Å². The Morgan fingerprint density at radius 1 is 1.38 bits per heavy atom. The van der Waals surface area contributed by atoms with E-state index >= 15 is 4.39 Å². The largest absolute Gasteiger partial charge is 0.477 e. The van der Waals surface area contributed by atoms with Gasteiger partial charge >= 0.3 is 5.97 Å². The number of fused-ring (bicyclic) bond motifs is 2. The van der Waals surface area contributed by atoms with E-state index < -0.39 is 28.6 Å². The number of pyridine rings is 2. The number of halogens is 2. The molecular formula is C19H19F2N5O3. The van der Waals surface area contributed by atoms with E-state index in [1.165, 1.54) is 17.7 Å². The number of nitrogens with zero attached hydrogens (tertiary/aromatic N) is 3. The lowest BCUT2D eigenvalue weighted by molar-refractivity contribution is 0.0695. The zero-order valence-corrected chi connectivity index (χ0v) is 15.6. The highest BCUT2D eigenvalue weighted by molar-refractivity contribution is 5.97. The molecule has 0 bridgehead atoms. The number of aromatic carboxylic acids is 1. The number of anilines is 1. The summed E-state index contributed by atoms with van der Waals surface area (Å²) in [4.78, 5) is 29.5. The Labute approximate surface area is 163 Å². The van der Waals surface area contributed by atoms with Crippen molar-refractivity contribution in [3.05, 3.63) is 45.8 Å². The van der Waals surface area contributed by atoms with Crippen LogP contribution in [-0.2, 0) is 7.05 Å². The second-order valence-electron chi connectivity index (χ2n) is 7.08. The van der Waals surface area contributed by atoms with Gasteiger partial charge in [0, 0.05) is 50.9 Å². The summed E-state index contributed by atoms with van der Waals surface area (Å²) in [5, 5.41) is 12.4. The molecular weight excluding hydrogens is 384 g/mol. The van der Waals surface area contributed by atoms with Gasteiger partial charge < -0.3 is 25.6 Å². The molecule has 4 N–H and O–H groups in total. The highest BCUT2D eigenvalue weighted by atomic mass is 19.1. The molecule has 0 aliphatic carbocycles. The number of carboxylic acid groups (broad SMARTS) is 1. The summed E-state index contributed by atoms with van der Waals surface area (Å²) in [6.45, 7) is 1.98. The van der Waals surface area contributed by atoms with Crippen molar-refractivity contribution < 1.29 is 18.7 Å². The second kappa shape index (κ2) is 7.05. The maximum atomic E-state index is 15.2. The minimum atomic E-state index is -1.38. The Hall–Kier alpha value is -3.11. The highest BCUT2D eigenvalue weighted by Gasteiger charge is 2.31. The van der Waals surface area contributed by atoms with Gasteiger partial charge in [0.05, 0.1) is 5.39 Å². The number of hydrogen-bond acceptors (Lipinski definition) is 6. The van der Waals surface area contributed by atoms with Crippen LogP contribution in [0.1, 0.15) is 10.4 Å². The van der Waals surface area contributed by atoms with Crippen molar-refractivity contribution in [2.24, 2.45) is 12.8 Å². The number of benzene rings is 1. The number of aromatic nitrogens is 2. The van der Waals surface area contributed by atoms with Gasteiger partial charge in [0.1, 0.15) is 28.2 Å². The van der Waals surface area contributed by atoms with E-state index in [1.807, 2.05) is 0 Å². The molecule has 10 heteroatoms. The SMILES string of the molecule is Cn1cc(C(=O)O)c(=O)c2cc3cc(F)c(N4CC(NCCN)C4)c(F)c3nc21. The third-order valence-electron chi connectivity index (χ3n) is 5.11. The van der Waals surface area contributed by atoms with Gasteiger partial charge in [-0.1, -0.05) is 0 Å². The van der Waals surface area contributed by atoms with Gasteiger partial charge in [-0.25, -0.2) is 18.6 Å². The van der Waals surface area contributed by atoms with Gasteiger partial charge in [-0.2, -0.15) is 0 Å². The molecule has 0 saturated carbocycles. The van der Waals surface area contributed by atoms with E-state index in [-0.39, 0.29) is 33.7 Å². The van der Waals surface area contributed by atoms with E-state index in [0.29, 0.717) is 26.2 Å². The number of nitrogens with two attached hydrogens (primary N) is 1. The lowest BCUT2D eigenvalue weighted by Gasteiger charge is -2.41. The van der Waals surface area contributed by atoms with Crippen molar-refractivity contribution in [3.63, 3.8) is 0 Å². The van der Waals surface area contributed by atoms with Crippen LogP contribution in [0, 0.1) is 11.6 Å². The minimum absolute atomic E-state index is 0.0125. The van der Waals surface area contributed by atoms with E-state index in [2.05, 4.69) is 10.3 Å². The summed E-state index contributed by atoms with van der Waals surface area (Å²) in [7, 11) is 1.51. The van der Waals surface area contributed by atoms with Crippen LogP contribution in [0.4, 0.5) is 14.5 Å². The molecule has 0 spiro atoms. The van der Waals surface area contributed by atoms with Gasteiger partial charge in [0.2, 0.25) is 5.43 Å². The quantitative estimate of drug-likeness (QED) is 0.540. The number of carbonyl (C=O) groups is 1. The maximum Gasteiger partial charge on any atom is 0.341 e. The summed E-state index contributed by atoms with van der Waals surface area (Å²) in [5.74, 6) is -2.95. The predicted octanol–water partition coefficient (Wildman–Crippen LogP) is 0.800. The first-order chi connectivity index (χ1) is 13.8. The van der Waals surface area contributed by atoms with Crippen molar-refractivity contribution in [1.29, 1.82) is 0 Å². The van der Waals surface area contributed by atoms with Crippen LogP contribution in [0.15, 0.2) is 23.1 Å². The lowest BCUT2D eigenvalue weighted by Crippen LogP contribution is -2.59. The second-order valence-corrected chi connectivity index (χ2v) is 7.08. The molecule has 4 rings (SSSR count). The molecule has 0 amide bonds. The van der Waals surface area contributed by atoms with Crippen LogP contribution in [0.25, 0.3) is 21.9 Å². The van der Waals surface area contributed by atoms with E-state index in [1.54, 1.807) is 4.90 Å². The zero-order chi connectivity index (χ0) is 20.9. The smallest absolute Gasteiger partial charge is 0.341 e. The molecule has 29 heavy (non-hydrogen) atoms. The molecule has 0 radical (unpaired) electrons. The van der Waals surface area contributed by atoms with Crippen molar-refractivity contribution in [3.8, 4) is 0 Å². The van der Waals surface area contributed by atoms with Gasteiger partial charge in [-0.3, -0.25) is 4.79 Å². The molecule has 0 unspecified atom stereocenters. The van der Waals surface area contributed by atoms with Gasteiger partial charge in [0.15, 0.2) is 5.82 Å². The van der Waals surface area contributed by atoms with Crippen molar-refractivity contribution in [1.82, 2.24) is 14.9 Å². The van der Waals surface area contributed by atoms with Gasteiger partial charge in [-0.05, 0) is 12.1 Å². The fourth-order valence-electron chi connectivity index (χ4n) is 3.64. The summed E-state index contributed by atoms with van der Waals surface area (Å²) < 4.78 is 31.2. The molecule has 2 aromatic heterocycles. The molecule has 0 atom stereocenters. The van der Waals surface area contributed by atoms with Gasteiger partial charge in [-0.15, -0.1) is 0 Å². The first-order valence-electron chi connectivity index (χ1n) is 9.05. The predicted molar refractivity (Wildman–Crippen MR) is 104 cm³/mol. The summed E-state index contributed by atoms with van der Waals surface area (Å²) in [6, 6.07) is 2.51. The Bertz CT molecular complexity index is 1200. The first-order valence-corrected chi connectivity index (χ1v) is 9.05. The van der Waals surface area contributed by atoms with E-state index in [4.69, 9.17) is 5.73 Å².